The molecule has 2 rings (SSSR count). The van der Waals surface area contributed by atoms with Gasteiger partial charge >= 0.3 is 6.09 Å². The van der Waals surface area contributed by atoms with Crippen molar-refractivity contribution in [3.63, 3.8) is 0 Å². The molecule has 1 saturated carbocycles. The number of ether oxygens (including phenoxy) is 1. The zero-order chi connectivity index (χ0) is 18.4. The number of hydrogen-bond acceptors (Lipinski definition) is 4. The number of nitrogens with one attached hydrogen (secondary N) is 2. The summed E-state index contributed by atoms with van der Waals surface area (Å²) in [7, 11) is 0. The van der Waals surface area contributed by atoms with Crippen LogP contribution in [-0.2, 0) is 14.3 Å². The summed E-state index contributed by atoms with van der Waals surface area (Å²) in [6.07, 6.45) is 6.40. The molecule has 2 fully saturated rings. The molecule has 3 amide bonds. The molecule has 0 bridgehead atoms. The van der Waals surface area contributed by atoms with E-state index in [-0.39, 0.29) is 24.4 Å². The van der Waals surface area contributed by atoms with E-state index in [9.17, 15) is 14.4 Å². The second kappa shape index (κ2) is 8.54. The first-order valence-electron chi connectivity index (χ1n) is 9.33. The van der Waals surface area contributed by atoms with Crippen LogP contribution in [0.3, 0.4) is 0 Å². The Morgan fingerprint density at radius 1 is 1.04 bits per heavy atom. The van der Waals surface area contributed by atoms with Crippen LogP contribution in [0.1, 0.15) is 65.7 Å². The van der Waals surface area contributed by atoms with Crippen LogP contribution in [-0.4, -0.2) is 53.6 Å². The van der Waals surface area contributed by atoms with E-state index in [4.69, 9.17) is 4.74 Å². The van der Waals surface area contributed by atoms with Crippen molar-refractivity contribution in [3.8, 4) is 0 Å². The van der Waals surface area contributed by atoms with Crippen LogP contribution in [0.4, 0.5) is 4.79 Å². The van der Waals surface area contributed by atoms with Crippen molar-refractivity contribution < 1.29 is 19.1 Å². The van der Waals surface area contributed by atoms with E-state index in [0.29, 0.717) is 13.0 Å². The van der Waals surface area contributed by atoms with E-state index in [2.05, 4.69) is 10.6 Å². The summed E-state index contributed by atoms with van der Waals surface area (Å²) < 4.78 is 5.36. The third-order valence-corrected chi connectivity index (χ3v) is 4.58. The van der Waals surface area contributed by atoms with Crippen molar-refractivity contribution in [2.75, 3.05) is 13.1 Å². The first kappa shape index (κ1) is 19.5. The lowest BCUT2D eigenvalue weighted by atomic mass is 9.95. The Balaban J connectivity index is 1.78. The lowest BCUT2D eigenvalue weighted by Gasteiger charge is -2.28. The molecule has 25 heavy (non-hydrogen) atoms. The molecule has 2 N–H and O–H groups in total. The van der Waals surface area contributed by atoms with Gasteiger partial charge in [-0.15, -0.1) is 0 Å². The van der Waals surface area contributed by atoms with Gasteiger partial charge in [0.2, 0.25) is 11.8 Å². The van der Waals surface area contributed by atoms with Crippen LogP contribution in [0.25, 0.3) is 0 Å². The van der Waals surface area contributed by atoms with E-state index in [0.717, 1.165) is 32.1 Å². The smallest absolute Gasteiger partial charge is 0.410 e. The van der Waals surface area contributed by atoms with Gasteiger partial charge in [-0.25, -0.2) is 4.79 Å². The number of rotatable bonds is 4. The summed E-state index contributed by atoms with van der Waals surface area (Å²) in [4.78, 5) is 38.1. The SMILES string of the molecule is CC(C)(C)OC(=O)N1CCCC1C(=O)NCC(=O)NC1CCCCC1. The van der Waals surface area contributed by atoms with Crippen molar-refractivity contribution in [1.29, 1.82) is 0 Å². The van der Waals surface area contributed by atoms with Crippen LogP contribution in [0.5, 0.6) is 0 Å². The van der Waals surface area contributed by atoms with Crippen LogP contribution in [0, 0.1) is 0 Å². The van der Waals surface area contributed by atoms with E-state index >= 15 is 0 Å². The van der Waals surface area contributed by atoms with Gasteiger partial charge in [0.1, 0.15) is 11.6 Å². The first-order valence-corrected chi connectivity index (χ1v) is 9.33. The van der Waals surface area contributed by atoms with Gasteiger partial charge in [-0.3, -0.25) is 14.5 Å². The highest BCUT2D eigenvalue weighted by atomic mass is 16.6. The highest BCUT2D eigenvalue weighted by Gasteiger charge is 2.36. The molecule has 142 valence electrons. The fourth-order valence-electron chi connectivity index (χ4n) is 3.39. The fraction of sp³-hybridized carbons (Fsp3) is 0.833. The maximum absolute atomic E-state index is 12.4. The minimum absolute atomic E-state index is 0.0476. The Bertz CT molecular complexity index is 495. The van der Waals surface area contributed by atoms with Gasteiger partial charge in [0.15, 0.2) is 0 Å². The number of hydrogen-bond donors (Lipinski definition) is 2. The minimum atomic E-state index is -0.597. The van der Waals surface area contributed by atoms with Crippen molar-refractivity contribution in [1.82, 2.24) is 15.5 Å². The standard InChI is InChI=1S/C18H31N3O4/c1-18(2,3)25-17(24)21-11-7-10-14(21)16(23)19-12-15(22)20-13-8-5-4-6-9-13/h13-14H,4-12H2,1-3H3,(H,19,23)(H,20,22). The topological polar surface area (TPSA) is 87.7 Å². The molecule has 0 radical (unpaired) electrons. The number of amides is 3. The molecule has 1 aliphatic heterocycles. The molecule has 1 heterocycles. The Kier molecular flexibility index (Phi) is 6.67. The highest BCUT2D eigenvalue weighted by Crippen LogP contribution is 2.21. The number of carbonyl (C=O) groups is 3. The summed E-state index contributed by atoms with van der Waals surface area (Å²) in [5.41, 5.74) is -0.597. The zero-order valence-electron chi connectivity index (χ0n) is 15.6. The van der Waals surface area contributed by atoms with Gasteiger partial charge in [0, 0.05) is 12.6 Å². The predicted molar refractivity (Wildman–Crippen MR) is 94.0 cm³/mol. The molecule has 2 aliphatic rings. The molecule has 7 nitrogen and oxygen atoms in total. The minimum Gasteiger partial charge on any atom is -0.444 e. The van der Waals surface area contributed by atoms with E-state index in [1.807, 2.05) is 0 Å². The molecular weight excluding hydrogens is 322 g/mol. The van der Waals surface area contributed by atoms with Crippen molar-refractivity contribution in [2.45, 2.75) is 83.4 Å². The average molecular weight is 353 g/mol. The molecule has 0 aromatic heterocycles. The van der Waals surface area contributed by atoms with Crippen LogP contribution in [0.2, 0.25) is 0 Å². The molecular formula is C18H31N3O4. The zero-order valence-corrected chi connectivity index (χ0v) is 15.6. The monoisotopic (exact) mass is 353 g/mol. The Morgan fingerprint density at radius 3 is 2.36 bits per heavy atom. The summed E-state index contributed by atoms with van der Waals surface area (Å²) in [6.45, 7) is 5.85. The summed E-state index contributed by atoms with van der Waals surface area (Å²) in [6, 6.07) is -0.333. The normalized spacial score (nSPS) is 21.7. The van der Waals surface area contributed by atoms with E-state index < -0.39 is 17.7 Å². The Morgan fingerprint density at radius 2 is 1.72 bits per heavy atom. The van der Waals surface area contributed by atoms with Crippen molar-refractivity contribution in [3.05, 3.63) is 0 Å². The van der Waals surface area contributed by atoms with Gasteiger partial charge in [-0.05, 0) is 46.5 Å². The number of likely N-dealkylation sites (tertiary alicyclic amines) is 1. The molecule has 1 saturated heterocycles. The second-order valence-corrected chi connectivity index (χ2v) is 7.95. The van der Waals surface area contributed by atoms with Gasteiger partial charge in [0.05, 0.1) is 6.54 Å². The van der Waals surface area contributed by atoms with Crippen molar-refractivity contribution in [2.24, 2.45) is 0 Å². The highest BCUT2D eigenvalue weighted by molar-refractivity contribution is 5.89. The molecule has 0 aromatic carbocycles. The number of carbonyl (C=O) groups excluding carboxylic acids is 3. The molecule has 1 unspecified atom stereocenters. The largest absolute Gasteiger partial charge is 0.444 e. The maximum atomic E-state index is 12.4. The maximum Gasteiger partial charge on any atom is 0.410 e. The Labute approximate surface area is 149 Å². The van der Waals surface area contributed by atoms with Crippen LogP contribution < -0.4 is 10.6 Å². The van der Waals surface area contributed by atoms with E-state index in [1.54, 1.807) is 20.8 Å². The third-order valence-electron chi connectivity index (χ3n) is 4.58. The summed E-state index contributed by atoms with van der Waals surface area (Å²) >= 11 is 0. The van der Waals surface area contributed by atoms with Crippen molar-refractivity contribution >= 4 is 17.9 Å². The van der Waals surface area contributed by atoms with Crippen LogP contribution >= 0.6 is 0 Å². The average Bonchev–Trinajstić information content (AvgIpc) is 3.02. The van der Waals surface area contributed by atoms with E-state index in [1.165, 1.54) is 11.3 Å². The summed E-state index contributed by atoms with van der Waals surface area (Å²) in [5.74, 6) is -0.454. The molecule has 1 atom stereocenters. The molecule has 7 heteroatoms. The van der Waals surface area contributed by atoms with Gasteiger partial charge in [0.25, 0.3) is 0 Å². The predicted octanol–water partition coefficient (Wildman–Crippen LogP) is 1.95. The van der Waals surface area contributed by atoms with Gasteiger partial charge < -0.3 is 15.4 Å². The quantitative estimate of drug-likeness (QED) is 0.809. The lowest BCUT2D eigenvalue weighted by molar-refractivity contribution is -0.129. The molecule has 1 aliphatic carbocycles. The van der Waals surface area contributed by atoms with Gasteiger partial charge in [-0.1, -0.05) is 19.3 Å². The molecule has 0 aromatic rings. The van der Waals surface area contributed by atoms with Gasteiger partial charge in [-0.2, -0.15) is 0 Å². The third kappa shape index (κ3) is 6.21. The second-order valence-electron chi connectivity index (χ2n) is 7.95. The van der Waals surface area contributed by atoms with Crippen LogP contribution in [0.15, 0.2) is 0 Å². The fourth-order valence-corrected chi connectivity index (χ4v) is 3.39. The Hall–Kier alpha value is -1.79. The number of nitrogens with zero attached hydrogens (tertiary/aromatic N) is 1. The first-order chi connectivity index (χ1) is 11.8. The molecule has 0 spiro atoms. The summed E-state index contributed by atoms with van der Waals surface area (Å²) in [5, 5.41) is 5.63. The lowest BCUT2D eigenvalue weighted by Crippen LogP contribution is -2.50.